The first-order valence-corrected chi connectivity index (χ1v) is 6.99. The number of nitrogens with one attached hydrogen (secondary N) is 2. The number of amides is 1. The topological polar surface area (TPSA) is 46.1 Å². The summed E-state index contributed by atoms with van der Waals surface area (Å²) in [7, 11) is 0. The Kier molecular flexibility index (Phi) is 3.22. The molecule has 4 nitrogen and oxygen atoms in total. The second-order valence-electron chi connectivity index (χ2n) is 5.25. The SMILES string of the molecule is Cc1ccc(C)n1NC(=O)c1cccc2c1CCCN2. The molecule has 1 amide bonds. The first kappa shape index (κ1) is 12.8. The van der Waals surface area contributed by atoms with Crippen LogP contribution in [0.3, 0.4) is 0 Å². The van der Waals surface area contributed by atoms with Gasteiger partial charge in [-0.1, -0.05) is 6.07 Å². The molecule has 0 saturated heterocycles. The van der Waals surface area contributed by atoms with Crippen LogP contribution >= 0.6 is 0 Å². The van der Waals surface area contributed by atoms with Gasteiger partial charge in [0.1, 0.15) is 0 Å². The zero-order valence-corrected chi connectivity index (χ0v) is 11.9. The molecule has 2 heterocycles. The van der Waals surface area contributed by atoms with Gasteiger partial charge in [0.25, 0.3) is 5.91 Å². The molecule has 0 bridgehead atoms. The third-order valence-electron chi connectivity index (χ3n) is 3.82. The van der Waals surface area contributed by atoms with Gasteiger partial charge in [-0.25, -0.2) is 0 Å². The summed E-state index contributed by atoms with van der Waals surface area (Å²) in [5.74, 6) is -0.0482. The minimum Gasteiger partial charge on any atom is -0.385 e. The molecule has 2 N–H and O–H groups in total. The molecule has 1 aliphatic heterocycles. The van der Waals surface area contributed by atoms with Crippen molar-refractivity contribution in [3.05, 3.63) is 52.8 Å². The average Bonchev–Trinajstić information content (AvgIpc) is 2.78. The fourth-order valence-electron chi connectivity index (χ4n) is 2.73. The van der Waals surface area contributed by atoms with Crippen LogP contribution in [0.15, 0.2) is 30.3 Å². The van der Waals surface area contributed by atoms with Crippen molar-refractivity contribution in [2.24, 2.45) is 0 Å². The Bertz CT molecular complexity index is 638. The molecule has 0 aliphatic carbocycles. The molecule has 104 valence electrons. The molecule has 0 unspecified atom stereocenters. The lowest BCUT2D eigenvalue weighted by atomic mass is 9.97. The van der Waals surface area contributed by atoms with Gasteiger partial charge in [-0.2, -0.15) is 0 Å². The van der Waals surface area contributed by atoms with E-state index in [9.17, 15) is 4.79 Å². The molecule has 1 aliphatic rings. The molecule has 1 aromatic heterocycles. The monoisotopic (exact) mass is 269 g/mol. The van der Waals surface area contributed by atoms with Crippen molar-refractivity contribution in [2.45, 2.75) is 26.7 Å². The highest BCUT2D eigenvalue weighted by Gasteiger charge is 2.18. The van der Waals surface area contributed by atoms with Crippen molar-refractivity contribution < 1.29 is 4.79 Å². The van der Waals surface area contributed by atoms with Gasteiger partial charge in [-0.15, -0.1) is 0 Å². The van der Waals surface area contributed by atoms with Crippen LogP contribution in [-0.2, 0) is 6.42 Å². The maximum Gasteiger partial charge on any atom is 0.270 e. The Morgan fingerprint density at radius 1 is 1.20 bits per heavy atom. The third-order valence-corrected chi connectivity index (χ3v) is 3.82. The number of fused-ring (bicyclic) bond motifs is 1. The molecule has 2 aromatic rings. The van der Waals surface area contributed by atoms with Gasteiger partial charge < -0.3 is 5.32 Å². The molecule has 20 heavy (non-hydrogen) atoms. The third kappa shape index (κ3) is 2.18. The minimum absolute atomic E-state index is 0.0482. The lowest BCUT2D eigenvalue weighted by molar-refractivity contribution is 0.101. The first-order valence-electron chi connectivity index (χ1n) is 6.99. The second kappa shape index (κ2) is 5.04. The van der Waals surface area contributed by atoms with Crippen molar-refractivity contribution in [3.63, 3.8) is 0 Å². The van der Waals surface area contributed by atoms with Crippen LogP contribution in [-0.4, -0.2) is 17.1 Å². The Hall–Kier alpha value is -2.23. The van der Waals surface area contributed by atoms with Gasteiger partial charge in [0.2, 0.25) is 0 Å². The van der Waals surface area contributed by atoms with E-state index in [-0.39, 0.29) is 5.91 Å². The van der Waals surface area contributed by atoms with Crippen LogP contribution in [0.4, 0.5) is 5.69 Å². The summed E-state index contributed by atoms with van der Waals surface area (Å²) in [5.41, 5.74) is 8.01. The number of hydrogen-bond donors (Lipinski definition) is 2. The number of benzene rings is 1. The van der Waals surface area contributed by atoms with E-state index in [1.165, 1.54) is 0 Å². The van der Waals surface area contributed by atoms with Crippen molar-refractivity contribution in [2.75, 3.05) is 17.3 Å². The van der Waals surface area contributed by atoms with E-state index in [2.05, 4.69) is 10.7 Å². The van der Waals surface area contributed by atoms with Crippen LogP contribution in [0.5, 0.6) is 0 Å². The number of carbonyl (C=O) groups excluding carboxylic acids is 1. The minimum atomic E-state index is -0.0482. The zero-order valence-electron chi connectivity index (χ0n) is 11.9. The highest BCUT2D eigenvalue weighted by molar-refractivity contribution is 6.02. The smallest absolute Gasteiger partial charge is 0.270 e. The van der Waals surface area contributed by atoms with Crippen molar-refractivity contribution in [3.8, 4) is 0 Å². The summed E-state index contributed by atoms with van der Waals surface area (Å²) in [6, 6.07) is 9.86. The standard InChI is InChI=1S/C16H19N3O/c1-11-8-9-12(2)19(11)18-16(20)14-5-3-7-15-13(14)6-4-10-17-15/h3,5,7-9,17H,4,6,10H2,1-2H3,(H,18,20). The highest BCUT2D eigenvalue weighted by atomic mass is 16.2. The van der Waals surface area contributed by atoms with Crippen LogP contribution in [0.25, 0.3) is 0 Å². The van der Waals surface area contributed by atoms with E-state index in [0.717, 1.165) is 47.6 Å². The fraction of sp³-hybridized carbons (Fsp3) is 0.312. The summed E-state index contributed by atoms with van der Waals surface area (Å²) in [5, 5.41) is 3.35. The number of nitrogens with zero attached hydrogens (tertiary/aromatic N) is 1. The lowest BCUT2D eigenvalue weighted by Crippen LogP contribution is -2.26. The number of carbonyl (C=O) groups is 1. The summed E-state index contributed by atoms with van der Waals surface area (Å²) in [6.45, 7) is 4.94. The maximum atomic E-state index is 12.5. The Morgan fingerprint density at radius 2 is 1.95 bits per heavy atom. The molecular formula is C16H19N3O. The lowest BCUT2D eigenvalue weighted by Gasteiger charge is -2.21. The molecule has 3 rings (SSSR count). The normalized spacial score (nSPS) is 13.5. The molecular weight excluding hydrogens is 250 g/mol. The van der Waals surface area contributed by atoms with Crippen LogP contribution < -0.4 is 10.7 Å². The summed E-state index contributed by atoms with van der Waals surface area (Å²) >= 11 is 0. The van der Waals surface area contributed by atoms with Crippen LogP contribution in [0, 0.1) is 13.8 Å². The van der Waals surface area contributed by atoms with E-state index in [4.69, 9.17) is 0 Å². The number of anilines is 1. The van der Waals surface area contributed by atoms with Gasteiger partial charge in [-0.3, -0.25) is 14.9 Å². The Morgan fingerprint density at radius 3 is 2.70 bits per heavy atom. The van der Waals surface area contributed by atoms with Gasteiger partial charge in [0.15, 0.2) is 0 Å². The molecule has 4 heteroatoms. The molecule has 0 atom stereocenters. The largest absolute Gasteiger partial charge is 0.385 e. The van der Waals surface area contributed by atoms with E-state index in [1.807, 2.05) is 48.9 Å². The van der Waals surface area contributed by atoms with E-state index >= 15 is 0 Å². The van der Waals surface area contributed by atoms with Crippen LogP contribution in [0.1, 0.15) is 33.7 Å². The molecule has 0 radical (unpaired) electrons. The average molecular weight is 269 g/mol. The van der Waals surface area contributed by atoms with Crippen LogP contribution in [0.2, 0.25) is 0 Å². The van der Waals surface area contributed by atoms with E-state index < -0.39 is 0 Å². The maximum absolute atomic E-state index is 12.5. The predicted octanol–water partition coefficient (Wildman–Crippen LogP) is 2.85. The second-order valence-corrected chi connectivity index (χ2v) is 5.25. The predicted molar refractivity (Wildman–Crippen MR) is 80.8 cm³/mol. The van der Waals surface area contributed by atoms with E-state index in [0.29, 0.717) is 0 Å². The number of aryl methyl sites for hydroxylation is 2. The first-order chi connectivity index (χ1) is 9.66. The van der Waals surface area contributed by atoms with Gasteiger partial charge in [-0.05, 0) is 56.5 Å². The quantitative estimate of drug-likeness (QED) is 0.880. The van der Waals surface area contributed by atoms with Gasteiger partial charge in [0, 0.05) is 29.2 Å². The molecule has 0 fully saturated rings. The highest BCUT2D eigenvalue weighted by Crippen LogP contribution is 2.25. The summed E-state index contributed by atoms with van der Waals surface area (Å²) < 4.78 is 1.83. The number of rotatable bonds is 2. The van der Waals surface area contributed by atoms with E-state index in [1.54, 1.807) is 0 Å². The molecule has 0 spiro atoms. The fourth-order valence-corrected chi connectivity index (χ4v) is 2.73. The van der Waals surface area contributed by atoms with Gasteiger partial charge >= 0.3 is 0 Å². The summed E-state index contributed by atoms with van der Waals surface area (Å²) in [6.07, 6.45) is 2.02. The molecule has 1 aromatic carbocycles. The molecule has 0 saturated carbocycles. The van der Waals surface area contributed by atoms with Crippen molar-refractivity contribution in [1.29, 1.82) is 0 Å². The van der Waals surface area contributed by atoms with Crippen molar-refractivity contribution in [1.82, 2.24) is 4.68 Å². The summed E-state index contributed by atoms with van der Waals surface area (Å²) in [4.78, 5) is 12.5. The van der Waals surface area contributed by atoms with Crippen molar-refractivity contribution >= 4 is 11.6 Å². The number of aromatic nitrogens is 1. The Balaban J connectivity index is 1.92. The Labute approximate surface area is 118 Å². The number of hydrogen-bond acceptors (Lipinski definition) is 2. The zero-order chi connectivity index (χ0) is 14.1. The van der Waals surface area contributed by atoms with Gasteiger partial charge in [0.05, 0.1) is 0 Å².